The summed E-state index contributed by atoms with van der Waals surface area (Å²) in [5, 5.41) is 5.63. The van der Waals surface area contributed by atoms with Crippen LogP contribution in [0.3, 0.4) is 0 Å². The molecule has 1 aliphatic rings. The average Bonchev–Trinajstić information content (AvgIpc) is 3.31. The first kappa shape index (κ1) is 22.9. The second kappa shape index (κ2) is 8.37. The standard InChI is InChI=1S/C22H29F2N5O2/c1-14(2)21(3,4)20(30)29-22(9-6-10-25,19-26-11-12-28(19)5)31-18(27-29)16-13-15(23)7-8-17(16)24/h7-8,11-14H,6,9-10,25H2,1-5H3. The van der Waals surface area contributed by atoms with Crippen LogP contribution in [0.2, 0.25) is 0 Å². The quantitative estimate of drug-likeness (QED) is 0.724. The first-order valence-electron chi connectivity index (χ1n) is 10.3. The molecule has 0 radical (unpaired) electrons. The van der Waals surface area contributed by atoms with Crippen LogP contribution >= 0.6 is 0 Å². The van der Waals surface area contributed by atoms with Gasteiger partial charge in [0, 0.05) is 31.3 Å². The molecule has 31 heavy (non-hydrogen) atoms. The van der Waals surface area contributed by atoms with Crippen molar-refractivity contribution in [2.45, 2.75) is 46.3 Å². The molecule has 2 N–H and O–H groups in total. The van der Waals surface area contributed by atoms with Crippen molar-refractivity contribution in [3.63, 3.8) is 0 Å². The van der Waals surface area contributed by atoms with Gasteiger partial charge in [0.2, 0.25) is 5.90 Å². The van der Waals surface area contributed by atoms with Crippen molar-refractivity contribution in [1.82, 2.24) is 14.6 Å². The number of carbonyl (C=O) groups is 1. The molecule has 1 aromatic carbocycles. The lowest BCUT2D eigenvalue weighted by atomic mass is 9.79. The second-order valence-electron chi connectivity index (χ2n) is 8.66. The molecule has 3 rings (SSSR count). The molecule has 0 fully saturated rings. The van der Waals surface area contributed by atoms with Gasteiger partial charge < -0.3 is 15.0 Å². The van der Waals surface area contributed by atoms with Crippen molar-refractivity contribution in [1.29, 1.82) is 0 Å². The number of nitrogens with zero attached hydrogens (tertiary/aromatic N) is 4. The Kier molecular flexibility index (Phi) is 6.18. The smallest absolute Gasteiger partial charge is 0.265 e. The second-order valence-corrected chi connectivity index (χ2v) is 8.66. The number of halogens is 2. The van der Waals surface area contributed by atoms with Gasteiger partial charge in [0.05, 0.1) is 5.56 Å². The SMILES string of the molecule is CC(C)C(C)(C)C(=O)N1N=C(c2cc(F)ccc2F)OC1(CCCN)c1nccn1C. The van der Waals surface area contributed by atoms with Gasteiger partial charge in [0.1, 0.15) is 11.6 Å². The first-order chi connectivity index (χ1) is 14.5. The van der Waals surface area contributed by atoms with E-state index < -0.39 is 22.8 Å². The number of amides is 1. The molecule has 1 unspecified atom stereocenters. The third kappa shape index (κ3) is 3.94. The third-order valence-electron chi connectivity index (χ3n) is 6.03. The van der Waals surface area contributed by atoms with Crippen molar-refractivity contribution in [3.8, 4) is 0 Å². The minimum absolute atomic E-state index is 0.0151. The number of hydrogen-bond acceptors (Lipinski definition) is 5. The molecule has 7 nitrogen and oxygen atoms in total. The lowest BCUT2D eigenvalue weighted by Crippen LogP contribution is -2.52. The van der Waals surface area contributed by atoms with Crippen molar-refractivity contribution in [3.05, 3.63) is 53.6 Å². The molecule has 0 saturated heterocycles. The van der Waals surface area contributed by atoms with Gasteiger partial charge in [0.15, 0.2) is 5.82 Å². The lowest BCUT2D eigenvalue weighted by Gasteiger charge is -2.39. The Bertz CT molecular complexity index is 1000. The van der Waals surface area contributed by atoms with E-state index in [9.17, 15) is 13.6 Å². The fourth-order valence-electron chi connectivity index (χ4n) is 3.39. The summed E-state index contributed by atoms with van der Waals surface area (Å²) in [7, 11) is 1.77. The number of rotatable bonds is 7. The van der Waals surface area contributed by atoms with Gasteiger partial charge in [-0.1, -0.05) is 27.7 Å². The number of aromatic nitrogens is 2. The maximum atomic E-state index is 14.6. The van der Waals surface area contributed by atoms with Crippen LogP contribution in [-0.4, -0.2) is 32.9 Å². The molecule has 9 heteroatoms. The summed E-state index contributed by atoms with van der Waals surface area (Å²) < 4.78 is 36.4. The zero-order valence-electron chi connectivity index (χ0n) is 18.5. The van der Waals surface area contributed by atoms with Crippen LogP contribution in [0.5, 0.6) is 0 Å². The summed E-state index contributed by atoms with van der Waals surface area (Å²) in [5.74, 6) is -1.42. The number of carbonyl (C=O) groups excluding carboxylic acids is 1. The van der Waals surface area contributed by atoms with Crippen LogP contribution in [0.1, 0.15) is 51.9 Å². The van der Waals surface area contributed by atoms with E-state index in [1.54, 1.807) is 24.0 Å². The molecule has 2 heterocycles. The largest absolute Gasteiger partial charge is 0.440 e. The predicted octanol–water partition coefficient (Wildman–Crippen LogP) is 3.49. The van der Waals surface area contributed by atoms with Crippen LogP contribution in [0, 0.1) is 23.0 Å². The molecular formula is C22H29F2N5O2. The van der Waals surface area contributed by atoms with E-state index in [0.29, 0.717) is 18.8 Å². The molecule has 1 aromatic heterocycles. The Hall–Kier alpha value is -2.81. The zero-order valence-corrected chi connectivity index (χ0v) is 18.5. The number of ether oxygens (including phenoxy) is 1. The highest BCUT2D eigenvalue weighted by Gasteiger charge is 2.55. The Morgan fingerprint density at radius 2 is 2.03 bits per heavy atom. The van der Waals surface area contributed by atoms with Crippen molar-refractivity contribution >= 4 is 11.8 Å². The van der Waals surface area contributed by atoms with E-state index >= 15 is 0 Å². The van der Waals surface area contributed by atoms with Gasteiger partial charge in [-0.15, -0.1) is 5.10 Å². The highest BCUT2D eigenvalue weighted by molar-refractivity contribution is 5.97. The average molecular weight is 434 g/mol. The van der Waals surface area contributed by atoms with E-state index in [1.165, 1.54) is 5.01 Å². The summed E-state index contributed by atoms with van der Waals surface area (Å²) in [4.78, 5) is 18.1. The molecule has 0 aliphatic carbocycles. The van der Waals surface area contributed by atoms with Crippen LogP contribution in [-0.2, 0) is 22.3 Å². The number of imidazole rings is 1. The summed E-state index contributed by atoms with van der Waals surface area (Å²) in [5.41, 5.74) is 3.37. The molecule has 168 valence electrons. The van der Waals surface area contributed by atoms with Gasteiger partial charge in [-0.25, -0.2) is 13.8 Å². The number of hydrazone groups is 1. The molecule has 0 saturated carbocycles. The summed E-state index contributed by atoms with van der Waals surface area (Å²) in [6, 6.07) is 3.02. The summed E-state index contributed by atoms with van der Waals surface area (Å²) in [6.45, 7) is 7.86. The minimum atomic E-state index is -1.44. The molecule has 1 amide bonds. The van der Waals surface area contributed by atoms with Gasteiger partial charge in [-0.05, 0) is 37.1 Å². The number of aryl methyl sites for hydroxylation is 1. The van der Waals surface area contributed by atoms with Crippen LogP contribution < -0.4 is 5.73 Å². The third-order valence-corrected chi connectivity index (χ3v) is 6.03. The van der Waals surface area contributed by atoms with E-state index in [0.717, 1.165) is 18.2 Å². The Morgan fingerprint density at radius 1 is 1.32 bits per heavy atom. The topological polar surface area (TPSA) is 85.7 Å². The Balaban J connectivity index is 2.21. The monoisotopic (exact) mass is 433 g/mol. The predicted molar refractivity (Wildman–Crippen MR) is 113 cm³/mol. The molecule has 0 spiro atoms. The normalized spacial score (nSPS) is 19.0. The highest BCUT2D eigenvalue weighted by atomic mass is 19.1. The van der Waals surface area contributed by atoms with Gasteiger partial charge in [0.25, 0.3) is 11.6 Å². The maximum Gasteiger partial charge on any atom is 0.265 e. The molecular weight excluding hydrogens is 404 g/mol. The van der Waals surface area contributed by atoms with Crippen molar-refractivity contribution in [2.24, 2.45) is 29.2 Å². The maximum absolute atomic E-state index is 14.6. The van der Waals surface area contributed by atoms with E-state index in [1.807, 2.05) is 27.7 Å². The number of hydrogen-bond donors (Lipinski definition) is 1. The molecule has 1 atom stereocenters. The first-order valence-corrected chi connectivity index (χ1v) is 10.3. The van der Waals surface area contributed by atoms with Crippen molar-refractivity contribution in [2.75, 3.05) is 6.54 Å². The fraction of sp³-hybridized carbons (Fsp3) is 0.500. The van der Waals surface area contributed by atoms with Crippen LogP contribution in [0.25, 0.3) is 0 Å². The minimum Gasteiger partial charge on any atom is -0.440 e. The van der Waals surface area contributed by atoms with Gasteiger partial charge in [-0.2, -0.15) is 5.01 Å². The highest BCUT2D eigenvalue weighted by Crippen LogP contribution is 2.43. The van der Waals surface area contributed by atoms with Gasteiger partial charge >= 0.3 is 0 Å². The van der Waals surface area contributed by atoms with Crippen LogP contribution in [0.4, 0.5) is 8.78 Å². The summed E-state index contributed by atoms with van der Waals surface area (Å²) >= 11 is 0. The van der Waals surface area contributed by atoms with E-state index in [-0.39, 0.29) is 29.7 Å². The molecule has 0 bridgehead atoms. The van der Waals surface area contributed by atoms with Gasteiger partial charge in [-0.3, -0.25) is 4.79 Å². The Labute approximate surface area is 180 Å². The lowest BCUT2D eigenvalue weighted by molar-refractivity contribution is -0.166. The summed E-state index contributed by atoms with van der Waals surface area (Å²) in [6.07, 6.45) is 4.07. The molecule has 2 aromatic rings. The van der Waals surface area contributed by atoms with Crippen LogP contribution in [0.15, 0.2) is 35.7 Å². The Morgan fingerprint density at radius 3 is 2.61 bits per heavy atom. The van der Waals surface area contributed by atoms with E-state index in [4.69, 9.17) is 10.5 Å². The fourth-order valence-corrected chi connectivity index (χ4v) is 3.39. The molecule has 1 aliphatic heterocycles. The van der Waals surface area contributed by atoms with E-state index in [2.05, 4.69) is 10.1 Å². The number of benzene rings is 1. The van der Waals surface area contributed by atoms with Crippen molar-refractivity contribution < 1.29 is 18.3 Å². The number of nitrogens with two attached hydrogens (primary N) is 1. The zero-order chi connectivity index (χ0) is 23.0.